The quantitative estimate of drug-likeness (QED) is 0.632. The van der Waals surface area contributed by atoms with Crippen LogP contribution in [0.15, 0.2) is 42.5 Å². The zero-order chi connectivity index (χ0) is 14.5. The predicted octanol–water partition coefficient (Wildman–Crippen LogP) is 2.81. The Hall–Kier alpha value is -1.76. The fourth-order valence-electron chi connectivity index (χ4n) is 1.82. The second-order valence-electron chi connectivity index (χ2n) is 4.26. The molecule has 4 nitrogen and oxygen atoms in total. The summed E-state index contributed by atoms with van der Waals surface area (Å²) < 4.78 is 6.34. The van der Waals surface area contributed by atoms with Crippen LogP contribution in [0.3, 0.4) is 0 Å². The molecule has 20 heavy (non-hydrogen) atoms. The van der Waals surface area contributed by atoms with Gasteiger partial charge in [0.2, 0.25) is 0 Å². The predicted molar refractivity (Wildman–Crippen MR) is 87.7 cm³/mol. The Morgan fingerprint density at radius 1 is 1.25 bits per heavy atom. The molecule has 2 aromatic rings. The molecule has 0 saturated heterocycles. The zero-order valence-corrected chi connectivity index (χ0v) is 13.2. The Labute approximate surface area is 131 Å². The summed E-state index contributed by atoms with van der Waals surface area (Å²) in [6, 6.07) is 12.8. The number of benzene rings is 2. The number of nitrogens with two attached hydrogens (primary N) is 1. The lowest BCUT2D eigenvalue weighted by molar-refractivity contribution is 0.0950. The molecule has 0 aromatic heterocycles. The molecule has 0 spiro atoms. The Morgan fingerprint density at radius 2 is 1.95 bits per heavy atom. The number of hydrogen-bond donors (Lipinski definition) is 2. The van der Waals surface area contributed by atoms with Gasteiger partial charge in [0.15, 0.2) is 0 Å². The van der Waals surface area contributed by atoms with Gasteiger partial charge in [-0.1, -0.05) is 0 Å². The molecule has 5 heteroatoms. The van der Waals surface area contributed by atoms with E-state index in [1.807, 2.05) is 12.1 Å². The maximum absolute atomic E-state index is 12.0. The van der Waals surface area contributed by atoms with E-state index in [0.29, 0.717) is 23.5 Å². The normalized spacial score (nSPS) is 10.1. The van der Waals surface area contributed by atoms with Crippen LogP contribution in [0.5, 0.6) is 5.75 Å². The molecule has 0 saturated carbocycles. The number of carbonyl (C=O) groups is 1. The van der Waals surface area contributed by atoms with Crippen LogP contribution < -0.4 is 15.8 Å². The largest absolute Gasteiger partial charge is 0.496 e. The van der Waals surface area contributed by atoms with Crippen LogP contribution in [0.1, 0.15) is 15.9 Å². The van der Waals surface area contributed by atoms with Crippen molar-refractivity contribution in [3.8, 4) is 5.75 Å². The summed E-state index contributed by atoms with van der Waals surface area (Å²) in [6.07, 6.45) is 0. The minimum atomic E-state index is -0.120. The summed E-state index contributed by atoms with van der Waals surface area (Å²) in [7, 11) is 1.59. The van der Waals surface area contributed by atoms with Gasteiger partial charge in [0.05, 0.1) is 7.11 Å². The van der Waals surface area contributed by atoms with E-state index < -0.39 is 0 Å². The highest BCUT2D eigenvalue weighted by Gasteiger charge is 2.08. The molecule has 104 valence electrons. The second kappa shape index (κ2) is 6.60. The van der Waals surface area contributed by atoms with Crippen molar-refractivity contribution in [2.45, 2.75) is 6.54 Å². The van der Waals surface area contributed by atoms with Crippen LogP contribution in [0.4, 0.5) is 5.69 Å². The third kappa shape index (κ3) is 3.63. The van der Waals surface area contributed by atoms with Gasteiger partial charge < -0.3 is 15.8 Å². The summed E-state index contributed by atoms with van der Waals surface area (Å²) in [5, 5.41) is 2.86. The van der Waals surface area contributed by atoms with E-state index in [1.54, 1.807) is 37.4 Å². The second-order valence-corrected chi connectivity index (χ2v) is 5.51. The highest BCUT2D eigenvalue weighted by atomic mass is 127. The summed E-state index contributed by atoms with van der Waals surface area (Å²) in [5.41, 5.74) is 7.88. The number of amides is 1. The van der Waals surface area contributed by atoms with E-state index in [4.69, 9.17) is 10.5 Å². The van der Waals surface area contributed by atoms with Gasteiger partial charge in [-0.25, -0.2) is 0 Å². The highest BCUT2D eigenvalue weighted by Crippen LogP contribution is 2.20. The monoisotopic (exact) mass is 382 g/mol. The van der Waals surface area contributed by atoms with Crippen molar-refractivity contribution < 1.29 is 9.53 Å². The van der Waals surface area contributed by atoms with Gasteiger partial charge in [0.25, 0.3) is 5.91 Å². The zero-order valence-electron chi connectivity index (χ0n) is 11.0. The van der Waals surface area contributed by atoms with Crippen molar-refractivity contribution in [2.75, 3.05) is 12.8 Å². The average molecular weight is 382 g/mol. The van der Waals surface area contributed by atoms with Gasteiger partial charge in [0, 0.05) is 26.9 Å². The molecule has 0 radical (unpaired) electrons. The Balaban J connectivity index is 2.06. The Morgan fingerprint density at radius 3 is 2.60 bits per heavy atom. The number of anilines is 1. The van der Waals surface area contributed by atoms with Crippen LogP contribution in [0.25, 0.3) is 0 Å². The first kappa shape index (κ1) is 14.6. The maximum atomic E-state index is 12.0. The fourth-order valence-corrected chi connectivity index (χ4v) is 2.18. The molecule has 0 unspecified atom stereocenters. The SMILES string of the molecule is COc1ccc(N)cc1CNC(=O)c1ccc(I)cc1. The number of hydrogen-bond acceptors (Lipinski definition) is 3. The minimum absolute atomic E-state index is 0.120. The Kier molecular flexibility index (Phi) is 4.84. The smallest absolute Gasteiger partial charge is 0.251 e. The first-order valence-corrected chi connectivity index (χ1v) is 7.14. The third-order valence-electron chi connectivity index (χ3n) is 2.85. The van der Waals surface area contributed by atoms with Gasteiger partial charge >= 0.3 is 0 Å². The molecule has 0 aliphatic heterocycles. The highest BCUT2D eigenvalue weighted by molar-refractivity contribution is 14.1. The van der Waals surface area contributed by atoms with E-state index in [0.717, 1.165) is 9.13 Å². The van der Waals surface area contributed by atoms with E-state index in [2.05, 4.69) is 27.9 Å². The number of methoxy groups -OCH3 is 1. The third-order valence-corrected chi connectivity index (χ3v) is 3.57. The first-order valence-electron chi connectivity index (χ1n) is 6.06. The summed E-state index contributed by atoms with van der Waals surface area (Å²) in [4.78, 5) is 12.0. The van der Waals surface area contributed by atoms with Crippen LogP contribution >= 0.6 is 22.6 Å². The van der Waals surface area contributed by atoms with Gasteiger partial charge in [-0.05, 0) is 65.1 Å². The summed E-state index contributed by atoms with van der Waals surface area (Å²) in [5.74, 6) is 0.591. The molecular weight excluding hydrogens is 367 g/mol. The van der Waals surface area contributed by atoms with Gasteiger partial charge in [-0.2, -0.15) is 0 Å². The molecule has 1 amide bonds. The average Bonchev–Trinajstić information content (AvgIpc) is 2.45. The van der Waals surface area contributed by atoms with Crippen LogP contribution in [-0.4, -0.2) is 13.0 Å². The molecule has 2 rings (SSSR count). The Bertz CT molecular complexity index is 612. The van der Waals surface area contributed by atoms with Crippen molar-refractivity contribution in [2.24, 2.45) is 0 Å². The maximum Gasteiger partial charge on any atom is 0.251 e. The minimum Gasteiger partial charge on any atom is -0.496 e. The van der Waals surface area contributed by atoms with E-state index in [-0.39, 0.29) is 5.91 Å². The number of halogens is 1. The lowest BCUT2D eigenvalue weighted by Crippen LogP contribution is -2.23. The summed E-state index contributed by atoms with van der Waals surface area (Å²) >= 11 is 2.20. The van der Waals surface area contributed by atoms with E-state index in [9.17, 15) is 4.79 Å². The number of nitrogens with one attached hydrogen (secondary N) is 1. The molecule has 2 aromatic carbocycles. The molecule has 0 aliphatic rings. The first-order chi connectivity index (χ1) is 9.60. The van der Waals surface area contributed by atoms with Crippen LogP contribution in [0.2, 0.25) is 0 Å². The van der Waals surface area contributed by atoms with Crippen molar-refractivity contribution in [1.82, 2.24) is 5.32 Å². The van der Waals surface area contributed by atoms with Crippen molar-refractivity contribution >= 4 is 34.2 Å². The number of carbonyl (C=O) groups excluding carboxylic acids is 1. The van der Waals surface area contributed by atoms with Gasteiger partial charge in [-0.3, -0.25) is 4.79 Å². The van der Waals surface area contributed by atoms with Crippen molar-refractivity contribution in [1.29, 1.82) is 0 Å². The van der Waals surface area contributed by atoms with Crippen LogP contribution in [0, 0.1) is 3.57 Å². The van der Waals surface area contributed by atoms with Crippen LogP contribution in [-0.2, 0) is 6.54 Å². The lowest BCUT2D eigenvalue weighted by Gasteiger charge is -2.10. The number of rotatable bonds is 4. The number of nitrogen functional groups attached to an aromatic ring is 1. The standard InChI is InChI=1S/C15H15IN2O2/c1-20-14-7-6-13(17)8-11(14)9-18-15(19)10-2-4-12(16)5-3-10/h2-8H,9,17H2,1H3,(H,18,19). The molecule has 0 fully saturated rings. The molecule has 3 N–H and O–H groups in total. The topological polar surface area (TPSA) is 64.3 Å². The van der Waals surface area contributed by atoms with E-state index in [1.165, 1.54) is 0 Å². The van der Waals surface area contributed by atoms with Gasteiger partial charge in [0.1, 0.15) is 5.75 Å². The number of ether oxygens (including phenoxy) is 1. The van der Waals surface area contributed by atoms with Crippen molar-refractivity contribution in [3.63, 3.8) is 0 Å². The van der Waals surface area contributed by atoms with E-state index >= 15 is 0 Å². The molecule has 0 atom stereocenters. The fraction of sp³-hybridized carbons (Fsp3) is 0.133. The van der Waals surface area contributed by atoms with Gasteiger partial charge in [-0.15, -0.1) is 0 Å². The molecule has 0 heterocycles. The summed E-state index contributed by atoms with van der Waals surface area (Å²) in [6.45, 7) is 0.374. The lowest BCUT2D eigenvalue weighted by atomic mass is 10.1. The molecule has 0 aliphatic carbocycles. The molecule has 0 bridgehead atoms. The van der Waals surface area contributed by atoms with Crippen molar-refractivity contribution in [3.05, 3.63) is 57.2 Å². The molecular formula is C15H15IN2O2.